The van der Waals surface area contributed by atoms with Gasteiger partial charge in [-0.15, -0.1) is 0 Å². The van der Waals surface area contributed by atoms with E-state index in [1.165, 1.54) is 0 Å². The molecular formula is C20H23ClN4O2. The monoisotopic (exact) mass is 386 g/mol. The van der Waals surface area contributed by atoms with Crippen LogP contribution < -0.4 is 10.6 Å². The van der Waals surface area contributed by atoms with Gasteiger partial charge in [-0.2, -0.15) is 0 Å². The fraction of sp³-hybridized carbons (Fsp3) is 0.350. The number of hydrogen-bond donors (Lipinski definition) is 2. The van der Waals surface area contributed by atoms with Gasteiger partial charge in [-0.1, -0.05) is 29.8 Å². The molecule has 1 aromatic heterocycles. The molecule has 142 valence electrons. The molecular weight excluding hydrogens is 364 g/mol. The molecule has 1 aromatic carbocycles. The van der Waals surface area contributed by atoms with Crippen LogP contribution in [0.4, 0.5) is 11.5 Å². The Morgan fingerprint density at radius 1 is 1.07 bits per heavy atom. The molecule has 6 nitrogen and oxygen atoms in total. The predicted octanol–water partition coefficient (Wildman–Crippen LogP) is 3.41. The van der Waals surface area contributed by atoms with E-state index in [-0.39, 0.29) is 17.7 Å². The Kier molecular flexibility index (Phi) is 6.79. The fourth-order valence-corrected chi connectivity index (χ4v) is 3.30. The summed E-state index contributed by atoms with van der Waals surface area (Å²) in [5.74, 6) is 0.532. The number of aromatic nitrogens is 1. The standard InChI is InChI=1S/C20H23ClN4O2/c21-16-5-1-2-6-17(16)23-19(26)10-14-25-12-8-15(9-13-25)20(27)24-18-7-3-4-11-22-18/h1-7,11,15H,8-10,12-14H2,(H,23,26)(H,22,24,27). The molecule has 7 heteroatoms. The molecule has 0 bridgehead atoms. The Bertz CT molecular complexity index is 777. The average Bonchev–Trinajstić information content (AvgIpc) is 2.69. The highest BCUT2D eigenvalue weighted by molar-refractivity contribution is 6.33. The first-order chi connectivity index (χ1) is 13.1. The van der Waals surface area contributed by atoms with Crippen LogP contribution in [0.5, 0.6) is 0 Å². The van der Waals surface area contributed by atoms with Crippen molar-refractivity contribution < 1.29 is 9.59 Å². The van der Waals surface area contributed by atoms with Crippen molar-refractivity contribution in [2.24, 2.45) is 5.92 Å². The third-order valence-electron chi connectivity index (χ3n) is 4.68. The summed E-state index contributed by atoms with van der Waals surface area (Å²) < 4.78 is 0. The van der Waals surface area contributed by atoms with Crippen molar-refractivity contribution in [1.29, 1.82) is 0 Å². The van der Waals surface area contributed by atoms with E-state index < -0.39 is 0 Å². The number of carbonyl (C=O) groups excluding carboxylic acids is 2. The number of pyridine rings is 1. The van der Waals surface area contributed by atoms with Gasteiger partial charge in [0.2, 0.25) is 11.8 Å². The van der Waals surface area contributed by atoms with Gasteiger partial charge in [-0.05, 0) is 50.2 Å². The summed E-state index contributed by atoms with van der Waals surface area (Å²) in [5.41, 5.74) is 0.633. The number of hydrogen-bond acceptors (Lipinski definition) is 4. The van der Waals surface area contributed by atoms with E-state index in [4.69, 9.17) is 11.6 Å². The topological polar surface area (TPSA) is 74.3 Å². The van der Waals surface area contributed by atoms with E-state index in [1.54, 1.807) is 24.4 Å². The molecule has 0 unspecified atom stereocenters. The number of likely N-dealkylation sites (tertiary alicyclic amines) is 1. The van der Waals surface area contributed by atoms with Crippen LogP contribution >= 0.6 is 11.6 Å². The maximum Gasteiger partial charge on any atom is 0.228 e. The van der Waals surface area contributed by atoms with Crippen molar-refractivity contribution in [1.82, 2.24) is 9.88 Å². The minimum absolute atomic E-state index is 0.0137. The first-order valence-corrected chi connectivity index (χ1v) is 9.48. The quantitative estimate of drug-likeness (QED) is 0.797. The van der Waals surface area contributed by atoms with Crippen molar-refractivity contribution in [2.75, 3.05) is 30.3 Å². The van der Waals surface area contributed by atoms with E-state index in [0.717, 1.165) is 25.9 Å². The lowest BCUT2D eigenvalue weighted by atomic mass is 9.96. The molecule has 1 aliphatic heterocycles. The van der Waals surface area contributed by atoms with Gasteiger partial charge in [-0.3, -0.25) is 9.59 Å². The Morgan fingerprint density at radius 2 is 1.81 bits per heavy atom. The summed E-state index contributed by atoms with van der Waals surface area (Å²) in [7, 11) is 0. The van der Waals surface area contributed by atoms with Gasteiger partial charge in [0.05, 0.1) is 10.7 Å². The maximum atomic E-state index is 12.3. The molecule has 2 heterocycles. The number of halogens is 1. The van der Waals surface area contributed by atoms with E-state index >= 15 is 0 Å². The minimum Gasteiger partial charge on any atom is -0.325 e. The minimum atomic E-state index is -0.0573. The van der Waals surface area contributed by atoms with E-state index in [9.17, 15) is 9.59 Å². The van der Waals surface area contributed by atoms with Crippen molar-refractivity contribution in [3.63, 3.8) is 0 Å². The van der Waals surface area contributed by atoms with Crippen molar-refractivity contribution in [3.8, 4) is 0 Å². The Morgan fingerprint density at radius 3 is 2.52 bits per heavy atom. The first kappa shape index (κ1) is 19.3. The Hall–Kier alpha value is -2.44. The van der Waals surface area contributed by atoms with Gasteiger partial charge in [0.25, 0.3) is 0 Å². The van der Waals surface area contributed by atoms with Crippen LogP contribution in [0.15, 0.2) is 48.7 Å². The summed E-state index contributed by atoms with van der Waals surface area (Å²) in [5, 5.41) is 6.23. The number of para-hydroxylation sites is 1. The second-order valence-corrected chi connectivity index (χ2v) is 7.01. The number of rotatable bonds is 6. The van der Waals surface area contributed by atoms with Gasteiger partial charge < -0.3 is 15.5 Å². The molecule has 3 rings (SSSR count). The number of carbonyl (C=O) groups is 2. The molecule has 0 spiro atoms. The van der Waals surface area contributed by atoms with E-state index in [2.05, 4.69) is 20.5 Å². The van der Waals surface area contributed by atoms with Crippen LogP contribution in [0, 0.1) is 5.92 Å². The van der Waals surface area contributed by atoms with Crippen LogP contribution in [0.25, 0.3) is 0 Å². The largest absolute Gasteiger partial charge is 0.325 e. The van der Waals surface area contributed by atoms with Gasteiger partial charge in [0.1, 0.15) is 5.82 Å². The highest BCUT2D eigenvalue weighted by atomic mass is 35.5. The summed E-state index contributed by atoms with van der Waals surface area (Å²) >= 11 is 6.05. The van der Waals surface area contributed by atoms with Gasteiger partial charge in [0.15, 0.2) is 0 Å². The highest BCUT2D eigenvalue weighted by Gasteiger charge is 2.25. The molecule has 2 aromatic rings. The van der Waals surface area contributed by atoms with Crippen LogP contribution in [-0.4, -0.2) is 41.3 Å². The van der Waals surface area contributed by atoms with Crippen molar-refractivity contribution in [3.05, 3.63) is 53.7 Å². The number of nitrogens with one attached hydrogen (secondary N) is 2. The molecule has 1 saturated heterocycles. The lowest BCUT2D eigenvalue weighted by Crippen LogP contribution is -2.39. The molecule has 0 atom stereocenters. The number of nitrogens with zero attached hydrogens (tertiary/aromatic N) is 2. The van der Waals surface area contributed by atoms with Crippen molar-refractivity contribution in [2.45, 2.75) is 19.3 Å². The van der Waals surface area contributed by atoms with E-state index in [0.29, 0.717) is 29.5 Å². The molecule has 27 heavy (non-hydrogen) atoms. The van der Waals surface area contributed by atoms with Crippen LogP contribution in [0.2, 0.25) is 5.02 Å². The van der Waals surface area contributed by atoms with Gasteiger partial charge in [0, 0.05) is 25.1 Å². The molecule has 1 aliphatic rings. The second-order valence-electron chi connectivity index (χ2n) is 6.60. The zero-order valence-corrected chi connectivity index (χ0v) is 15.8. The van der Waals surface area contributed by atoms with E-state index in [1.807, 2.05) is 24.3 Å². The predicted molar refractivity (Wildman–Crippen MR) is 107 cm³/mol. The number of anilines is 2. The molecule has 0 radical (unpaired) electrons. The maximum absolute atomic E-state index is 12.3. The molecule has 2 amide bonds. The number of piperidine rings is 1. The van der Waals surface area contributed by atoms with Gasteiger partial charge in [-0.25, -0.2) is 4.98 Å². The number of benzene rings is 1. The SMILES string of the molecule is O=C(CCN1CCC(C(=O)Nc2ccccn2)CC1)Nc1ccccc1Cl. The van der Waals surface area contributed by atoms with Crippen LogP contribution in [0.3, 0.4) is 0 Å². The molecule has 0 saturated carbocycles. The zero-order chi connectivity index (χ0) is 19.1. The zero-order valence-electron chi connectivity index (χ0n) is 15.0. The molecule has 1 fully saturated rings. The first-order valence-electron chi connectivity index (χ1n) is 9.10. The summed E-state index contributed by atoms with van der Waals surface area (Å²) in [6.45, 7) is 2.28. The van der Waals surface area contributed by atoms with Gasteiger partial charge >= 0.3 is 0 Å². The second kappa shape index (κ2) is 9.48. The highest BCUT2D eigenvalue weighted by Crippen LogP contribution is 2.21. The number of amides is 2. The molecule has 2 N–H and O–H groups in total. The van der Waals surface area contributed by atoms with Crippen LogP contribution in [-0.2, 0) is 9.59 Å². The fourth-order valence-electron chi connectivity index (χ4n) is 3.12. The lowest BCUT2D eigenvalue weighted by molar-refractivity contribution is -0.121. The summed E-state index contributed by atoms with van der Waals surface area (Å²) in [4.78, 5) is 30.8. The lowest BCUT2D eigenvalue weighted by Gasteiger charge is -2.31. The Balaban J connectivity index is 1.38. The van der Waals surface area contributed by atoms with Crippen molar-refractivity contribution >= 4 is 34.9 Å². The molecule has 0 aliphatic carbocycles. The van der Waals surface area contributed by atoms with Crippen LogP contribution in [0.1, 0.15) is 19.3 Å². The normalized spacial score (nSPS) is 15.3. The summed E-state index contributed by atoms with van der Waals surface area (Å²) in [6, 6.07) is 12.6. The third-order valence-corrected chi connectivity index (χ3v) is 5.01. The third kappa shape index (κ3) is 5.77. The summed E-state index contributed by atoms with van der Waals surface area (Å²) in [6.07, 6.45) is 3.62. The smallest absolute Gasteiger partial charge is 0.228 e. The Labute approximate surface area is 163 Å². The average molecular weight is 387 g/mol.